The van der Waals surface area contributed by atoms with Crippen molar-refractivity contribution in [3.8, 4) is 0 Å². The lowest BCUT2D eigenvalue weighted by atomic mass is 9.77. The Morgan fingerprint density at radius 3 is 2.16 bits per heavy atom. The number of carbonyl (C=O) groups excluding carboxylic acids is 1. The molecule has 0 aromatic rings. The van der Waals surface area contributed by atoms with Crippen molar-refractivity contribution in [2.45, 2.75) is 70.7 Å². The van der Waals surface area contributed by atoms with E-state index < -0.39 is 0 Å². The molecule has 0 aromatic carbocycles. The molecule has 2 heterocycles. The second-order valence-corrected chi connectivity index (χ2v) is 7.48. The van der Waals surface area contributed by atoms with Gasteiger partial charge in [0.05, 0.1) is 6.54 Å². The topological polar surface area (TPSA) is 32.8 Å². The van der Waals surface area contributed by atoms with Gasteiger partial charge in [-0.25, -0.2) is 0 Å². The van der Waals surface area contributed by atoms with Crippen molar-refractivity contribution in [2.75, 3.05) is 20.1 Å². The van der Waals surface area contributed by atoms with Gasteiger partial charge in [-0.15, -0.1) is 0 Å². The third-order valence-electron chi connectivity index (χ3n) is 4.96. The summed E-state index contributed by atoms with van der Waals surface area (Å²) in [6.07, 6.45) is 2.23. The van der Waals surface area contributed by atoms with Crippen molar-refractivity contribution < 1.29 is 9.53 Å². The molecule has 110 valence electrons. The van der Waals surface area contributed by atoms with Crippen LogP contribution in [0.3, 0.4) is 0 Å². The highest BCUT2D eigenvalue weighted by Crippen LogP contribution is 2.39. The monoisotopic (exact) mass is 268 g/mol. The number of cyclic esters (lactones) is 1. The Bertz CT molecular complexity index is 347. The summed E-state index contributed by atoms with van der Waals surface area (Å²) in [6.45, 7) is 12.5. The van der Waals surface area contributed by atoms with Gasteiger partial charge in [0.25, 0.3) is 0 Å². The molecule has 1 atom stereocenters. The van der Waals surface area contributed by atoms with Crippen LogP contribution in [0.2, 0.25) is 0 Å². The molecule has 19 heavy (non-hydrogen) atoms. The fourth-order valence-corrected chi connectivity index (χ4v) is 3.71. The van der Waals surface area contributed by atoms with Gasteiger partial charge in [-0.05, 0) is 54.5 Å². The van der Waals surface area contributed by atoms with Crippen LogP contribution in [-0.4, -0.2) is 59.1 Å². The molecule has 2 rings (SSSR count). The van der Waals surface area contributed by atoms with Crippen LogP contribution >= 0.6 is 0 Å². The summed E-state index contributed by atoms with van der Waals surface area (Å²) in [6, 6.07) is 0.469. The summed E-state index contributed by atoms with van der Waals surface area (Å²) in [4.78, 5) is 16.4. The second kappa shape index (κ2) is 4.74. The van der Waals surface area contributed by atoms with E-state index in [0.717, 1.165) is 19.4 Å². The second-order valence-electron chi connectivity index (χ2n) is 7.48. The molecular formula is C15H28N2O2. The summed E-state index contributed by atoms with van der Waals surface area (Å²) in [5.41, 5.74) is 0.327. The van der Waals surface area contributed by atoms with E-state index in [0.29, 0.717) is 12.6 Å². The molecule has 0 spiro atoms. The minimum Gasteiger partial charge on any atom is -0.460 e. The number of piperidine rings is 1. The number of likely N-dealkylation sites (tertiary alicyclic amines) is 1. The van der Waals surface area contributed by atoms with Crippen molar-refractivity contribution in [3.63, 3.8) is 0 Å². The Morgan fingerprint density at radius 2 is 1.68 bits per heavy atom. The van der Waals surface area contributed by atoms with Gasteiger partial charge in [-0.2, -0.15) is 0 Å². The number of morpholine rings is 1. The molecule has 4 nitrogen and oxygen atoms in total. The number of carbonyl (C=O) groups is 1. The molecular weight excluding hydrogens is 240 g/mol. The van der Waals surface area contributed by atoms with Crippen LogP contribution in [0.25, 0.3) is 0 Å². The van der Waals surface area contributed by atoms with E-state index in [2.05, 4.69) is 44.5 Å². The zero-order valence-corrected chi connectivity index (χ0v) is 13.2. The summed E-state index contributed by atoms with van der Waals surface area (Å²) in [7, 11) is 2.21. The van der Waals surface area contributed by atoms with Gasteiger partial charge < -0.3 is 4.74 Å². The number of ether oxygens (including phenoxy) is 1. The average molecular weight is 268 g/mol. The molecule has 4 heteroatoms. The van der Waals surface area contributed by atoms with Gasteiger partial charge in [0.1, 0.15) is 6.10 Å². The van der Waals surface area contributed by atoms with Gasteiger partial charge in [-0.3, -0.25) is 14.6 Å². The van der Waals surface area contributed by atoms with Gasteiger partial charge in [-0.1, -0.05) is 0 Å². The van der Waals surface area contributed by atoms with Crippen LogP contribution in [0.4, 0.5) is 0 Å². The van der Waals surface area contributed by atoms with E-state index in [-0.39, 0.29) is 23.2 Å². The van der Waals surface area contributed by atoms with E-state index in [4.69, 9.17) is 4.74 Å². The first-order valence-electron chi connectivity index (χ1n) is 7.29. The molecule has 0 aromatic heterocycles. The molecule has 0 radical (unpaired) electrons. The number of nitrogens with zero attached hydrogens (tertiary/aromatic N) is 2. The molecule has 2 aliphatic rings. The van der Waals surface area contributed by atoms with Gasteiger partial charge >= 0.3 is 5.97 Å². The molecule has 2 fully saturated rings. The van der Waals surface area contributed by atoms with E-state index in [9.17, 15) is 4.79 Å². The first-order chi connectivity index (χ1) is 8.62. The molecule has 1 unspecified atom stereocenters. The van der Waals surface area contributed by atoms with E-state index in [1.54, 1.807) is 0 Å². The maximum atomic E-state index is 11.6. The molecule has 2 saturated heterocycles. The Balaban J connectivity index is 2.15. The molecule has 0 N–H and O–H groups in total. The maximum Gasteiger partial charge on any atom is 0.320 e. The standard InChI is InChI=1S/C15H28N2O2/c1-11-9-17(10-13(18)19-11)12-7-14(2,3)16(6)15(4,5)8-12/h11-12H,7-10H2,1-6H3. The summed E-state index contributed by atoms with van der Waals surface area (Å²) in [5.74, 6) is -0.0757. The molecule has 0 amide bonds. The summed E-state index contributed by atoms with van der Waals surface area (Å²) in [5, 5.41) is 0. The highest BCUT2D eigenvalue weighted by Gasteiger charge is 2.45. The van der Waals surface area contributed by atoms with Crippen molar-refractivity contribution >= 4 is 5.97 Å². The largest absolute Gasteiger partial charge is 0.460 e. The Kier molecular flexibility index (Phi) is 3.69. The number of hydrogen-bond donors (Lipinski definition) is 0. The van der Waals surface area contributed by atoms with Crippen molar-refractivity contribution in [2.24, 2.45) is 0 Å². The fraction of sp³-hybridized carbons (Fsp3) is 0.933. The van der Waals surface area contributed by atoms with Crippen molar-refractivity contribution in [3.05, 3.63) is 0 Å². The van der Waals surface area contributed by atoms with Crippen molar-refractivity contribution in [1.29, 1.82) is 0 Å². The van der Waals surface area contributed by atoms with Crippen LogP contribution < -0.4 is 0 Å². The van der Waals surface area contributed by atoms with Crippen LogP contribution in [0.1, 0.15) is 47.5 Å². The van der Waals surface area contributed by atoms with Crippen LogP contribution in [0, 0.1) is 0 Å². The quantitative estimate of drug-likeness (QED) is 0.680. The third kappa shape index (κ3) is 2.95. The molecule has 0 saturated carbocycles. The normalized spacial score (nSPS) is 33.2. The number of hydrogen-bond acceptors (Lipinski definition) is 4. The average Bonchev–Trinajstić information content (AvgIpc) is 2.23. The number of rotatable bonds is 1. The summed E-state index contributed by atoms with van der Waals surface area (Å²) < 4.78 is 5.24. The zero-order valence-electron chi connectivity index (χ0n) is 13.2. The Hall–Kier alpha value is -0.610. The Morgan fingerprint density at radius 1 is 1.16 bits per heavy atom. The predicted molar refractivity (Wildman–Crippen MR) is 76.1 cm³/mol. The molecule has 2 aliphatic heterocycles. The zero-order chi connectivity index (χ0) is 14.4. The predicted octanol–water partition coefficient (Wildman–Crippen LogP) is 1.89. The van der Waals surface area contributed by atoms with Crippen LogP contribution in [-0.2, 0) is 9.53 Å². The van der Waals surface area contributed by atoms with Crippen LogP contribution in [0.15, 0.2) is 0 Å². The minimum atomic E-state index is -0.0757. The highest BCUT2D eigenvalue weighted by molar-refractivity contribution is 5.72. The first-order valence-corrected chi connectivity index (χ1v) is 7.29. The Labute approximate surface area is 117 Å². The van der Waals surface area contributed by atoms with E-state index in [1.807, 2.05) is 6.92 Å². The van der Waals surface area contributed by atoms with Gasteiger partial charge in [0.2, 0.25) is 0 Å². The third-order valence-corrected chi connectivity index (χ3v) is 4.96. The van der Waals surface area contributed by atoms with Crippen molar-refractivity contribution in [1.82, 2.24) is 9.80 Å². The number of esters is 1. The maximum absolute atomic E-state index is 11.6. The summed E-state index contributed by atoms with van der Waals surface area (Å²) >= 11 is 0. The molecule has 0 aliphatic carbocycles. The highest BCUT2D eigenvalue weighted by atomic mass is 16.5. The lowest BCUT2D eigenvalue weighted by molar-refractivity contribution is -0.162. The van der Waals surface area contributed by atoms with Gasteiger partial charge in [0.15, 0.2) is 0 Å². The minimum absolute atomic E-state index is 0.0205. The lowest BCUT2D eigenvalue weighted by Gasteiger charge is -2.56. The lowest BCUT2D eigenvalue weighted by Crippen LogP contribution is -2.64. The first kappa shape index (κ1) is 14.8. The fourth-order valence-electron chi connectivity index (χ4n) is 3.71. The molecule has 0 bridgehead atoms. The van der Waals surface area contributed by atoms with E-state index in [1.165, 1.54) is 0 Å². The van der Waals surface area contributed by atoms with E-state index >= 15 is 0 Å². The van der Waals surface area contributed by atoms with Gasteiger partial charge in [0, 0.05) is 23.7 Å². The smallest absolute Gasteiger partial charge is 0.320 e. The van der Waals surface area contributed by atoms with Crippen LogP contribution in [0.5, 0.6) is 0 Å². The SMILES string of the molecule is CC1CN(C2CC(C)(C)N(C)C(C)(C)C2)CC(=O)O1.